The van der Waals surface area contributed by atoms with Gasteiger partial charge in [0.05, 0.1) is 29.1 Å². The van der Waals surface area contributed by atoms with Crippen molar-refractivity contribution in [3.63, 3.8) is 0 Å². The van der Waals surface area contributed by atoms with Gasteiger partial charge in [0.2, 0.25) is 5.91 Å². The van der Waals surface area contributed by atoms with E-state index in [4.69, 9.17) is 4.74 Å². The zero-order valence-corrected chi connectivity index (χ0v) is 15.2. The molecule has 9 heteroatoms. The van der Waals surface area contributed by atoms with E-state index in [0.29, 0.717) is 11.8 Å². The second-order valence-corrected chi connectivity index (χ2v) is 6.33. The van der Waals surface area contributed by atoms with Crippen LogP contribution in [0.15, 0.2) is 47.6 Å². The fourth-order valence-corrected chi connectivity index (χ4v) is 3.06. The maximum atomic E-state index is 12.4. The van der Waals surface area contributed by atoms with Crippen LogP contribution in [0.3, 0.4) is 0 Å². The second-order valence-electron chi connectivity index (χ2n) is 5.37. The van der Waals surface area contributed by atoms with Gasteiger partial charge >= 0.3 is 6.61 Å². The summed E-state index contributed by atoms with van der Waals surface area (Å²) in [7, 11) is 0. The molecule has 2 aromatic carbocycles. The van der Waals surface area contributed by atoms with E-state index in [9.17, 15) is 13.6 Å². The number of rotatable bonds is 8. The minimum atomic E-state index is -2.96. The van der Waals surface area contributed by atoms with Crippen LogP contribution in [0.5, 0.6) is 11.5 Å². The highest BCUT2D eigenvalue weighted by molar-refractivity contribution is 7.99. The number of aromatic nitrogens is 2. The van der Waals surface area contributed by atoms with Gasteiger partial charge in [-0.3, -0.25) is 4.79 Å². The van der Waals surface area contributed by atoms with Gasteiger partial charge in [-0.15, -0.1) is 0 Å². The standard InChI is InChI=1S/C18H17F2N3O3S/c1-2-25-11-7-8-12-14(9-11)23-18(22-12)27-10-16(24)21-13-5-3-4-6-15(13)26-17(19)20/h3-9,17H,2,10H2,1H3,(H,21,24)(H,22,23). The molecule has 0 saturated heterocycles. The number of hydrogen-bond donors (Lipinski definition) is 2. The third kappa shape index (κ3) is 5.10. The van der Waals surface area contributed by atoms with E-state index in [1.807, 2.05) is 25.1 Å². The summed E-state index contributed by atoms with van der Waals surface area (Å²) < 4.78 is 34.7. The Kier molecular flexibility index (Phi) is 6.12. The Morgan fingerprint density at radius 3 is 2.89 bits per heavy atom. The number of halogens is 2. The lowest BCUT2D eigenvalue weighted by atomic mass is 10.3. The van der Waals surface area contributed by atoms with Crippen molar-refractivity contribution in [2.24, 2.45) is 0 Å². The molecule has 0 saturated carbocycles. The molecule has 2 N–H and O–H groups in total. The SMILES string of the molecule is CCOc1ccc2nc(SCC(=O)Nc3ccccc3OC(F)F)[nH]c2c1. The number of thioether (sulfide) groups is 1. The fraction of sp³-hybridized carbons (Fsp3) is 0.222. The van der Waals surface area contributed by atoms with Crippen molar-refractivity contribution in [1.82, 2.24) is 9.97 Å². The van der Waals surface area contributed by atoms with Gasteiger partial charge in [-0.2, -0.15) is 8.78 Å². The Labute approximate surface area is 158 Å². The zero-order chi connectivity index (χ0) is 19.2. The highest BCUT2D eigenvalue weighted by Crippen LogP contribution is 2.27. The average molecular weight is 393 g/mol. The predicted molar refractivity (Wildman–Crippen MR) is 99.7 cm³/mol. The summed E-state index contributed by atoms with van der Waals surface area (Å²) in [6, 6.07) is 11.5. The highest BCUT2D eigenvalue weighted by Gasteiger charge is 2.13. The van der Waals surface area contributed by atoms with Gasteiger partial charge in [0.15, 0.2) is 5.16 Å². The molecule has 1 aromatic heterocycles. The van der Waals surface area contributed by atoms with Crippen molar-refractivity contribution in [3.8, 4) is 11.5 Å². The van der Waals surface area contributed by atoms with Gasteiger partial charge in [0, 0.05) is 6.07 Å². The molecule has 0 aliphatic carbocycles. The molecular formula is C18H17F2N3O3S. The number of nitrogens with zero attached hydrogens (tertiary/aromatic N) is 1. The first kappa shape index (κ1) is 19.0. The highest BCUT2D eigenvalue weighted by atomic mass is 32.2. The third-order valence-corrected chi connectivity index (χ3v) is 4.33. The number of fused-ring (bicyclic) bond motifs is 1. The normalized spacial score (nSPS) is 11.0. The maximum Gasteiger partial charge on any atom is 0.387 e. The van der Waals surface area contributed by atoms with Crippen LogP contribution in [0.2, 0.25) is 0 Å². The molecule has 0 aliphatic rings. The monoisotopic (exact) mass is 393 g/mol. The number of ether oxygens (including phenoxy) is 2. The number of carbonyl (C=O) groups is 1. The number of amides is 1. The second kappa shape index (κ2) is 8.72. The number of nitrogens with one attached hydrogen (secondary N) is 2. The molecule has 0 radical (unpaired) electrons. The third-order valence-electron chi connectivity index (χ3n) is 3.46. The smallest absolute Gasteiger partial charge is 0.387 e. The molecule has 0 aliphatic heterocycles. The lowest BCUT2D eigenvalue weighted by molar-refractivity contribution is -0.113. The molecule has 0 unspecified atom stereocenters. The molecule has 6 nitrogen and oxygen atoms in total. The molecule has 1 heterocycles. The van der Waals surface area contributed by atoms with Gasteiger partial charge in [0.1, 0.15) is 11.5 Å². The first-order valence-electron chi connectivity index (χ1n) is 8.14. The minimum absolute atomic E-state index is 0.0567. The van der Waals surface area contributed by atoms with Gasteiger partial charge in [0.25, 0.3) is 0 Å². The van der Waals surface area contributed by atoms with Crippen molar-refractivity contribution in [2.75, 3.05) is 17.7 Å². The molecular weight excluding hydrogens is 376 g/mol. The largest absolute Gasteiger partial charge is 0.494 e. The Balaban J connectivity index is 1.62. The van der Waals surface area contributed by atoms with Crippen LogP contribution in [0.25, 0.3) is 11.0 Å². The van der Waals surface area contributed by atoms with Crippen LogP contribution >= 0.6 is 11.8 Å². The minimum Gasteiger partial charge on any atom is -0.494 e. The van der Waals surface area contributed by atoms with Crippen LogP contribution < -0.4 is 14.8 Å². The molecule has 3 rings (SSSR count). The molecule has 27 heavy (non-hydrogen) atoms. The first-order valence-corrected chi connectivity index (χ1v) is 9.12. The number of benzene rings is 2. The number of aromatic amines is 1. The van der Waals surface area contributed by atoms with Gasteiger partial charge in [-0.05, 0) is 31.2 Å². The molecule has 142 valence electrons. The summed E-state index contributed by atoms with van der Waals surface area (Å²) in [5.74, 6) is 0.346. The van der Waals surface area contributed by atoms with E-state index in [1.165, 1.54) is 23.9 Å². The molecule has 1 amide bonds. The summed E-state index contributed by atoms with van der Waals surface area (Å²) in [5.41, 5.74) is 1.76. The number of H-pyrrole nitrogens is 1. The summed E-state index contributed by atoms with van der Waals surface area (Å²) in [4.78, 5) is 19.7. The summed E-state index contributed by atoms with van der Waals surface area (Å²) in [6.45, 7) is -0.491. The fourth-order valence-electron chi connectivity index (χ4n) is 2.38. The number of imidazole rings is 1. The zero-order valence-electron chi connectivity index (χ0n) is 14.4. The number of alkyl halides is 2. The number of para-hydroxylation sites is 2. The maximum absolute atomic E-state index is 12.4. The molecule has 0 fully saturated rings. The quantitative estimate of drug-likeness (QED) is 0.558. The van der Waals surface area contributed by atoms with Gasteiger partial charge in [-0.1, -0.05) is 23.9 Å². The van der Waals surface area contributed by atoms with Crippen LogP contribution in [0.4, 0.5) is 14.5 Å². The van der Waals surface area contributed by atoms with Gasteiger partial charge in [-0.25, -0.2) is 4.98 Å². The molecule has 3 aromatic rings. The molecule has 0 bridgehead atoms. The Hall–Kier alpha value is -2.81. The van der Waals surface area contributed by atoms with Crippen molar-refractivity contribution in [3.05, 3.63) is 42.5 Å². The summed E-state index contributed by atoms with van der Waals surface area (Å²) >= 11 is 1.20. The van der Waals surface area contributed by atoms with E-state index >= 15 is 0 Å². The van der Waals surface area contributed by atoms with Crippen molar-refractivity contribution in [2.45, 2.75) is 18.7 Å². The van der Waals surface area contributed by atoms with Crippen LogP contribution in [0, 0.1) is 0 Å². The van der Waals surface area contributed by atoms with E-state index in [1.54, 1.807) is 12.1 Å². The lowest BCUT2D eigenvalue weighted by Gasteiger charge is -2.11. The van der Waals surface area contributed by atoms with E-state index < -0.39 is 6.61 Å². The van der Waals surface area contributed by atoms with E-state index in [-0.39, 0.29) is 23.1 Å². The lowest BCUT2D eigenvalue weighted by Crippen LogP contribution is -2.15. The van der Waals surface area contributed by atoms with Gasteiger partial charge < -0.3 is 19.8 Å². The summed E-state index contributed by atoms with van der Waals surface area (Å²) in [6.07, 6.45) is 0. The molecule has 0 atom stereocenters. The van der Waals surface area contributed by atoms with E-state index in [0.717, 1.165) is 16.8 Å². The first-order chi connectivity index (χ1) is 13.0. The predicted octanol–water partition coefficient (Wildman–Crippen LogP) is 4.29. The Bertz CT molecular complexity index is 933. The van der Waals surface area contributed by atoms with Crippen molar-refractivity contribution in [1.29, 1.82) is 0 Å². The van der Waals surface area contributed by atoms with E-state index in [2.05, 4.69) is 20.0 Å². The molecule has 0 spiro atoms. The van der Waals surface area contributed by atoms with Crippen LogP contribution in [-0.2, 0) is 4.79 Å². The Morgan fingerprint density at radius 1 is 1.30 bits per heavy atom. The van der Waals surface area contributed by atoms with Crippen molar-refractivity contribution >= 4 is 34.4 Å². The average Bonchev–Trinajstić information content (AvgIpc) is 3.04. The number of anilines is 1. The topological polar surface area (TPSA) is 76.2 Å². The number of hydrogen-bond acceptors (Lipinski definition) is 5. The van der Waals surface area contributed by atoms with Crippen LogP contribution in [0.1, 0.15) is 6.92 Å². The summed E-state index contributed by atoms with van der Waals surface area (Å²) in [5, 5.41) is 3.14. The van der Waals surface area contributed by atoms with Crippen molar-refractivity contribution < 1.29 is 23.0 Å². The number of carbonyl (C=O) groups excluding carboxylic acids is 1. The van der Waals surface area contributed by atoms with Crippen LogP contribution in [-0.4, -0.2) is 34.8 Å². The Morgan fingerprint density at radius 2 is 2.11 bits per heavy atom.